The Morgan fingerprint density at radius 3 is 2.41 bits per heavy atom. The fourth-order valence-corrected chi connectivity index (χ4v) is 1.07. The highest BCUT2D eigenvalue weighted by molar-refractivity contribution is 5.94. The van der Waals surface area contributed by atoms with Crippen LogP contribution < -0.4 is 11.1 Å². The van der Waals surface area contributed by atoms with Gasteiger partial charge in [0.05, 0.1) is 0 Å². The fourth-order valence-electron chi connectivity index (χ4n) is 1.07. The maximum absolute atomic E-state index is 12.9. The first kappa shape index (κ1) is 15.8. The zero-order chi connectivity index (χ0) is 12.3. The lowest BCUT2D eigenvalue weighted by Crippen LogP contribution is -2.48. The highest BCUT2D eigenvalue weighted by Crippen LogP contribution is 2.10. The smallest absolute Gasteiger partial charge is 0.251 e. The number of carbonyl (C=O) groups excluding carboxylic acids is 1. The molecule has 0 spiro atoms. The molecule has 3 nitrogen and oxygen atoms in total. The summed E-state index contributed by atoms with van der Waals surface area (Å²) in [6, 6.07) is 3.00. The van der Waals surface area contributed by atoms with E-state index < -0.39 is 23.1 Å². The second-order valence-electron chi connectivity index (χ2n) is 4.17. The van der Waals surface area contributed by atoms with E-state index in [2.05, 4.69) is 5.32 Å². The van der Waals surface area contributed by atoms with Crippen LogP contribution in [0.3, 0.4) is 0 Å². The van der Waals surface area contributed by atoms with Crippen molar-refractivity contribution in [3.63, 3.8) is 0 Å². The van der Waals surface area contributed by atoms with Crippen molar-refractivity contribution in [3.05, 3.63) is 35.4 Å². The average Bonchev–Trinajstić information content (AvgIpc) is 2.21. The summed E-state index contributed by atoms with van der Waals surface area (Å²) < 4.78 is 25.5. The van der Waals surface area contributed by atoms with Crippen LogP contribution in [0.5, 0.6) is 0 Å². The van der Waals surface area contributed by atoms with Gasteiger partial charge < -0.3 is 11.1 Å². The van der Waals surface area contributed by atoms with Crippen LogP contribution in [-0.2, 0) is 0 Å². The number of hydrogen-bond acceptors (Lipinski definition) is 2. The standard InChI is InChI=1S/C11H14F2N2O.ClH/c1-11(2,6-14)15-10(16)7-3-4-8(12)9(13)5-7;/h3-5H,6,14H2,1-2H3,(H,15,16);1H. The molecule has 0 aromatic heterocycles. The summed E-state index contributed by atoms with van der Waals surface area (Å²) in [5.41, 5.74) is 4.93. The minimum Gasteiger partial charge on any atom is -0.346 e. The molecule has 0 radical (unpaired) electrons. The van der Waals surface area contributed by atoms with Crippen molar-refractivity contribution < 1.29 is 13.6 Å². The van der Waals surface area contributed by atoms with Gasteiger partial charge in [-0.2, -0.15) is 0 Å². The largest absolute Gasteiger partial charge is 0.346 e. The summed E-state index contributed by atoms with van der Waals surface area (Å²) in [7, 11) is 0. The molecule has 6 heteroatoms. The van der Waals surface area contributed by atoms with Gasteiger partial charge in [-0.3, -0.25) is 4.79 Å². The molecule has 0 bridgehead atoms. The maximum Gasteiger partial charge on any atom is 0.251 e. The lowest BCUT2D eigenvalue weighted by Gasteiger charge is -2.24. The summed E-state index contributed by atoms with van der Waals surface area (Å²) in [4.78, 5) is 11.6. The molecule has 0 heterocycles. The molecule has 1 rings (SSSR count). The van der Waals surface area contributed by atoms with Gasteiger partial charge in [-0.15, -0.1) is 12.4 Å². The molecule has 3 N–H and O–H groups in total. The van der Waals surface area contributed by atoms with Gasteiger partial charge in [0.25, 0.3) is 5.91 Å². The van der Waals surface area contributed by atoms with Crippen LogP contribution in [0.4, 0.5) is 8.78 Å². The molecule has 1 amide bonds. The van der Waals surface area contributed by atoms with Gasteiger partial charge in [0.1, 0.15) is 0 Å². The van der Waals surface area contributed by atoms with Crippen molar-refractivity contribution in [1.29, 1.82) is 0 Å². The number of benzene rings is 1. The molecule has 96 valence electrons. The van der Waals surface area contributed by atoms with Crippen LogP contribution in [0.1, 0.15) is 24.2 Å². The molecule has 0 unspecified atom stereocenters. The monoisotopic (exact) mass is 264 g/mol. The van der Waals surface area contributed by atoms with Gasteiger partial charge in [-0.05, 0) is 32.0 Å². The first-order valence-electron chi connectivity index (χ1n) is 4.83. The predicted octanol–water partition coefficient (Wildman–Crippen LogP) is 1.85. The summed E-state index contributed by atoms with van der Waals surface area (Å²) in [6.45, 7) is 3.73. The van der Waals surface area contributed by atoms with E-state index >= 15 is 0 Å². The van der Waals surface area contributed by atoms with Crippen LogP contribution in [0.25, 0.3) is 0 Å². The number of amides is 1. The normalized spacial score (nSPS) is 10.6. The van der Waals surface area contributed by atoms with Crippen molar-refractivity contribution in [1.82, 2.24) is 5.32 Å². The average molecular weight is 265 g/mol. The number of halogens is 3. The molecular weight excluding hydrogens is 250 g/mol. The van der Waals surface area contributed by atoms with Crippen LogP contribution in [0.2, 0.25) is 0 Å². The Labute approximate surface area is 105 Å². The second kappa shape index (κ2) is 5.93. The fraction of sp³-hybridized carbons (Fsp3) is 0.364. The number of carbonyl (C=O) groups is 1. The van der Waals surface area contributed by atoms with Gasteiger partial charge in [-0.25, -0.2) is 8.78 Å². The van der Waals surface area contributed by atoms with Crippen molar-refractivity contribution in [2.24, 2.45) is 5.73 Å². The first-order valence-corrected chi connectivity index (χ1v) is 4.83. The van der Waals surface area contributed by atoms with E-state index in [0.29, 0.717) is 0 Å². The number of hydrogen-bond donors (Lipinski definition) is 2. The molecule has 1 aromatic rings. The number of nitrogens with one attached hydrogen (secondary N) is 1. The Hall–Kier alpha value is -1.20. The van der Waals surface area contributed by atoms with E-state index in [9.17, 15) is 13.6 Å². The third-order valence-electron chi connectivity index (χ3n) is 2.14. The molecule has 0 aliphatic carbocycles. The second-order valence-corrected chi connectivity index (χ2v) is 4.17. The lowest BCUT2D eigenvalue weighted by atomic mass is 10.1. The third-order valence-corrected chi connectivity index (χ3v) is 2.14. The Balaban J connectivity index is 0.00000256. The van der Waals surface area contributed by atoms with Crippen molar-refractivity contribution in [2.45, 2.75) is 19.4 Å². The van der Waals surface area contributed by atoms with Crippen molar-refractivity contribution >= 4 is 18.3 Å². The molecular formula is C11H15ClF2N2O. The highest BCUT2D eigenvalue weighted by atomic mass is 35.5. The molecule has 0 saturated heterocycles. The quantitative estimate of drug-likeness (QED) is 0.875. The van der Waals surface area contributed by atoms with Crippen LogP contribution >= 0.6 is 12.4 Å². The predicted molar refractivity (Wildman–Crippen MR) is 64.2 cm³/mol. The number of rotatable bonds is 3. The molecule has 17 heavy (non-hydrogen) atoms. The molecule has 0 atom stereocenters. The topological polar surface area (TPSA) is 55.1 Å². The van der Waals surface area contributed by atoms with E-state index in [1.54, 1.807) is 13.8 Å². The zero-order valence-corrected chi connectivity index (χ0v) is 10.4. The van der Waals surface area contributed by atoms with Crippen molar-refractivity contribution in [3.8, 4) is 0 Å². The van der Waals surface area contributed by atoms with Crippen molar-refractivity contribution in [2.75, 3.05) is 6.54 Å². The van der Waals surface area contributed by atoms with E-state index in [4.69, 9.17) is 5.73 Å². The summed E-state index contributed by atoms with van der Waals surface area (Å²) in [5.74, 6) is -2.50. The van der Waals surface area contributed by atoms with E-state index in [1.807, 2.05) is 0 Å². The summed E-state index contributed by atoms with van der Waals surface area (Å²) in [5, 5.41) is 2.62. The summed E-state index contributed by atoms with van der Waals surface area (Å²) in [6.07, 6.45) is 0. The van der Waals surface area contributed by atoms with Crippen LogP contribution in [-0.4, -0.2) is 18.0 Å². The molecule has 0 aliphatic rings. The van der Waals surface area contributed by atoms with E-state index in [1.165, 1.54) is 6.07 Å². The van der Waals surface area contributed by atoms with Crippen LogP contribution in [0, 0.1) is 11.6 Å². The Morgan fingerprint density at radius 1 is 1.35 bits per heavy atom. The molecule has 0 aliphatic heterocycles. The third kappa shape index (κ3) is 4.28. The van der Waals surface area contributed by atoms with Gasteiger partial charge in [-0.1, -0.05) is 0 Å². The zero-order valence-electron chi connectivity index (χ0n) is 9.59. The van der Waals surface area contributed by atoms with E-state index in [-0.39, 0.29) is 24.5 Å². The Bertz CT molecular complexity index is 410. The lowest BCUT2D eigenvalue weighted by molar-refractivity contribution is 0.0915. The summed E-state index contributed by atoms with van der Waals surface area (Å²) >= 11 is 0. The first-order chi connectivity index (χ1) is 7.35. The van der Waals surface area contributed by atoms with Gasteiger partial charge in [0.2, 0.25) is 0 Å². The molecule has 1 aromatic carbocycles. The SMILES string of the molecule is CC(C)(CN)NC(=O)c1ccc(F)c(F)c1.Cl. The Kier molecular flexibility index (Phi) is 5.51. The molecule has 0 saturated carbocycles. The number of nitrogens with two attached hydrogens (primary N) is 1. The maximum atomic E-state index is 12.9. The minimum absolute atomic E-state index is 0. The van der Waals surface area contributed by atoms with Crippen LogP contribution in [0.15, 0.2) is 18.2 Å². The minimum atomic E-state index is -1.04. The highest BCUT2D eigenvalue weighted by Gasteiger charge is 2.19. The Morgan fingerprint density at radius 2 is 1.94 bits per heavy atom. The van der Waals surface area contributed by atoms with Gasteiger partial charge in [0.15, 0.2) is 11.6 Å². The van der Waals surface area contributed by atoms with Gasteiger partial charge in [0, 0.05) is 17.6 Å². The molecule has 0 fully saturated rings. The van der Waals surface area contributed by atoms with Gasteiger partial charge >= 0.3 is 0 Å². The van der Waals surface area contributed by atoms with E-state index in [0.717, 1.165) is 12.1 Å².